The first-order valence-corrected chi connectivity index (χ1v) is 5.32. The van der Waals surface area contributed by atoms with Crippen LogP contribution < -0.4 is 5.69 Å². The van der Waals surface area contributed by atoms with Gasteiger partial charge in [0.2, 0.25) is 0 Å². The van der Waals surface area contributed by atoms with E-state index in [1.807, 2.05) is 0 Å². The maximum atomic E-state index is 11.6. The van der Waals surface area contributed by atoms with Crippen molar-refractivity contribution in [2.24, 2.45) is 14.1 Å². The highest BCUT2D eigenvalue weighted by Crippen LogP contribution is 2.32. The Morgan fingerprint density at radius 2 is 1.75 bits per heavy atom. The Morgan fingerprint density at radius 3 is 2.19 bits per heavy atom. The predicted octanol–water partition coefficient (Wildman–Crippen LogP) is 2.09. The van der Waals surface area contributed by atoms with Crippen molar-refractivity contribution in [1.29, 1.82) is 0 Å². The molecule has 0 aliphatic rings. The van der Waals surface area contributed by atoms with Gasteiger partial charge in [-0.05, 0) is 12.1 Å². The van der Waals surface area contributed by atoms with E-state index in [2.05, 4.69) is 5.10 Å². The van der Waals surface area contributed by atoms with Crippen LogP contribution >= 0.6 is 23.2 Å². The molecule has 0 aliphatic carbocycles. The maximum absolute atomic E-state index is 11.6. The van der Waals surface area contributed by atoms with Crippen molar-refractivity contribution >= 4 is 23.2 Å². The molecule has 4 nitrogen and oxygen atoms in total. The van der Waals surface area contributed by atoms with Gasteiger partial charge in [0.25, 0.3) is 0 Å². The van der Waals surface area contributed by atoms with Crippen molar-refractivity contribution in [3.8, 4) is 11.4 Å². The van der Waals surface area contributed by atoms with Crippen LogP contribution in [0.1, 0.15) is 0 Å². The number of nitrogens with zero attached hydrogens (tertiary/aromatic N) is 3. The number of halogens is 2. The molecule has 0 amide bonds. The van der Waals surface area contributed by atoms with E-state index < -0.39 is 0 Å². The van der Waals surface area contributed by atoms with Gasteiger partial charge in [0.05, 0.1) is 15.6 Å². The molecule has 0 saturated carbocycles. The Balaban J connectivity index is 2.77. The average molecular weight is 258 g/mol. The molecule has 16 heavy (non-hydrogen) atoms. The number of aryl methyl sites for hydroxylation is 1. The molecule has 0 saturated heterocycles. The Kier molecular flexibility index (Phi) is 2.78. The summed E-state index contributed by atoms with van der Waals surface area (Å²) in [5.41, 5.74) is 0.358. The van der Waals surface area contributed by atoms with Gasteiger partial charge in [-0.2, -0.15) is 0 Å². The van der Waals surface area contributed by atoms with Gasteiger partial charge in [-0.3, -0.25) is 4.57 Å². The van der Waals surface area contributed by atoms with Crippen LogP contribution in [0.15, 0.2) is 23.0 Å². The molecule has 1 aromatic heterocycles. The second-order valence-corrected chi connectivity index (χ2v) is 4.20. The molecular formula is C10H9Cl2N3O. The van der Waals surface area contributed by atoms with Gasteiger partial charge in [0.1, 0.15) is 0 Å². The number of hydrogen-bond donors (Lipinski definition) is 0. The number of hydrogen-bond acceptors (Lipinski definition) is 2. The van der Waals surface area contributed by atoms with E-state index in [0.717, 1.165) is 0 Å². The molecule has 84 valence electrons. The van der Waals surface area contributed by atoms with Crippen molar-refractivity contribution in [2.75, 3.05) is 0 Å². The van der Waals surface area contributed by atoms with Crippen molar-refractivity contribution in [1.82, 2.24) is 14.3 Å². The predicted molar refractivity (Wildman–Crippen MR) is 63.9 cm³/mol. The molecular weight excluding hydrogens is 249 g/mol. The molecule has 1 aromatic carbocycles. The second kappa shape index (κ2) is 3.96. The van der Waals surface area contributed by atoms with Crippen LogP contribution in [0.3, 0.4) is 0 Å². The van der Waals surface area contributed by atoms with E-state index in [1.54, 1.807) is 32.3 Å². The molecule has 2 rings (SSSR count). The highest BCUT2D eigenvalue weighted by Gasteiger charge is 2.15. The standard InChI is InChI=1S/C10H9Cl2N3O/c1-14-9(13-15(2)10(14)16)8-6(11)4-3-5-7(8)12/h3-5H,1-2H3. The zero-order chi connectivity index (χ0) is 11.9. The third kappa shape index (κ3) is 1.64. The highest BCUT2D eigenvalue weighted by atomic mass is 35.5. The summed E-state index contributed by atoms with van der Waals surface area (Å²) in [7, 11) is 3.21. The zero-order valence-corrected chi connectivity index (χ0v) is 10.2. The minimum Gasteiger partial charge on any atom is -0.278 e. The molecule has 0 aliphatic heterocycles. The van der Waals surface area contributed by atoms with Crippen LogP contribution in [0.5, 0.6) is 0 Å². The molecule has 0 fully saturated rings. The van der Waals surface area contributed by atoms with Crippen molar-refractivity contribution in [2.45, 2.75) is 0 Å². The maximum Gasteiger partial charge on any atom is 0.345 e. The smallest absolute Gasteiger partial charge is 0.278 e. The van der Waals surface area contributed by atoms with Crippen LogP contribution in [0, 0.1) is 0 Å². The minimum absolute atomic E-state index is 0.217. The fourth-order valence-electron chi connectivity index (χ4n) is 1.49. The lowest BCUT2D eigenvalue weighted by molar-refractivity contribution is 0.714. The molecule has 0 atom stereocenters. The Hall–Kier alpha value is -1.26. The summed E-state index contributed by atoms with van der Waals surface area (Å²) in [5.74, 6) is 0.461. The van der Waals surface area contributed by atoms with Crippen LogP contribution in [0.2, 0.25) is 10.0 Å². The molecule has 0 radical (unpaired) electrons. The summed E-state index contributed by atoms with van der Waals surface area (Å²) in [5, 5.41) is 5.05. The van der Waals surface area contributed by atoms with Gasteiger partial charge in [0, 0.05) is 14.1 Å². The van der Waals surface area contributed by atoms with Crippen LogP contribution in [-0.4, -0.2) is 14.3 Å². The van der Waals surface area contributed by atoms with E-state index in [0.29, 0.717) is 21.4 Å². The Labute approximate surface area is 102 Å². The lowest BCUT2D eigenvalue weighted by Crippen LogP contribution is -2.20. The summed E-state index contributed by atoms with van der Waals surface area (Å²) in [6.07, 6.45) is 0. The first-order valence-electron chi connectivity index (χ1n) is 4.56. The average Bonchev–Trinajstić information content (AvgIpc) is 2.47. The number of benzene rings is 1. The van der Waals surface area contributed by atoms with Crippen molar-refractivity contribution < 1.29 is 0 Å². The summed E-state index contributed by atoms with van der Waals surface area (Å²) in [6.45, 7) is 0. The quantitative estimate of drug-likeness (QED) is 0.785. The molecule has 2 aromatic rings. The van der Waals surface area contributed by atoms with Gasteiger partial charge < -0.3 is 0 Å². The van der Waals surface area contributed by atoms with Gasteiger partial charge in [-0.1, -0.05) is 29.3 Å². The van der Waals surface area contributed by atoms with Crippen LogP contribution in [0.25, 0.3) is 11.4 Å². The van der Waals surface area contributed by atoms with E-state index in [1.165, 1.54) is 9.25 Å². The molecule has 1 heterocycles. The van der Waals surface area contributed by atoms with Gasteiger partial charge in [0.15, 0.2) is 5.82 Å². The number of aromatic nitrogens is 3. The Bertz CT molecular complexity index is 580. The van der Waals surface area contributed by atoms with E-state index >= 15 is 0 Å². The third-order valence-corrected chi connectivity index (χ3v) is 2.94. The molecule has 0 N–H and O–H groups in total. The molecule has 0 bridgehead atoms. The SMILES string of the molecule is Cn1nc(-c2c(Cl)cccc2Cl)n(C)c1=O. The largest absolute Gasteiger partial charge is 0.345 e. The highest BCUT2D eigenvalue weighted by molar-refractivity contribution is 6.38. The van der Waals surface area contributed by atoms with Crippen LogP contribution in [-0.2, 0) is 14.1 Å². The van der Waals surface area contributed by atoms with Crippen molar-refractivity contribution in [3.63, 3.8) is 0 Å². The van der Waals surface area contributed by atoms with E-state index in [-0.39, 0.29) is 5.69 Å². The minimum atomic E-state index is -0.217. The van der Waals surface area contributed by atoms with Gasteiger partial charge in [-0.15, -0.1) is 5.10 Å². The van der Waals surface area contributed by atoms with E-state index in [9.17, 15) is 4.79 Å². The fraction of sp³-hybridized carbons (Fsp3) is 0.200. The normalized spacial score (nSPS) is 10.8. The van der Waals surface area contributed by atoms with Gasteiger partial charge in [-0.25, -0.2) is 9.48 Å². The third-order valence-electron chi connectivity index (χ3n) is 2.31. The summed E-state index contributed by atoms with van der Waals surface area (Å²) in [6, 6.07) is 5.17. The first-order chi connectivity index (χ1) is 7.52. The van der Waals surface area contributed by atoms with Crippen molar-refractivity contribution in [3.05, 3.63) is 38.7 Å². The number of rotatable bonds is 1. The summed E-state index contributed by atoms with van der Waals surface area (Å²) < 4.78 is 2.65. The summed E-state index contributed by atoms with van der Waals surface area (Å²) >= 11 is 12.1. The zero-order valence-electron chi connectivity index (χ0n) is 8.74. The fourth-order valence-corrected chi connectivity index (χ4v) is 2.06. The van der Waals surface area contributed by atoms with Crippen LogP contribution in [0.4, 0.5) is 0 Å². The second-order valence-electron chi connectivity index (χ2n) is 3.39. The van der Waals surface area contributed by atoms with Gasteiger partial charge >= 0.3 is 5.69 Å². The molecule has 0 unspecified atom stereocenters. The first kappa shape index (κ1) is 11.2. The lowest BCUT2D eigenvalue weighted by atomic mass is 10.2. The monoisotopic (exact) mass is 257 g/mol. The molecule has 6 heteroatoms. The summed E-state index contributed by atoms with van der Waals surface area (Å²) in [4.78, 5) is 11.6. The van der Waals surface area contributed by atoms with E-state index in [4.69, 9.17) is 23.2 Å². The molecule has 0 spiro atoms. The Morgan fingerprint density at radius 1 is 1.19 bits per heavy atom. The topological polar surface area (TPSA) is 39.8 Å². The lowest BCUT2D eigenvalue weighted by Gasteiger charge is -2.04.